The highest BCUT2D eigenvalue weighted by Gasteiger charge is 2.24. The van der Waals surface area contributed by atoms with Crippen molar-refractivity contribution in [3.05, 3.63) is 110 Å². The van der Waals surface area contributed by atoms with Crippen LogP contribution in [0.1, 0.15) is 87.6 Å². The van der Waals surface area contributed by atoms with Gasteiger partial charge in [-0.2, -0.15) is 11.3 Å². The minimum Gasteiger partial charge on any atom is -0.363 e. The number of hydrogen-bond donors (Lipinski definition) is 0. The van der Waals surface area contributed by atoms with Crippen LogP contribution in [0.3, 0.4) is 0 Å². The maximum atomic E-state index is 4.60. The first-order valence-corrected chi connectivity index (χ1v) is 14.6. The Hall–Kier alpha value is -2.23. The number of thiophene rings is 1. The maximum Gasteiger partial charge on any atom is 0.0800 e. The van der Waals surface area contributed by atoms with Gasteiger partial charge in [-0.1, -0.05) is 93.1 Å². The normalized spacial score (nSPS) is 12.0. The van der Waals surface area contributed by atoms with Gasteiger partial charge >= 0.3 is 0 Å². The van der Waals surface area contributed by atoms with Crippen molar-refractivity contribution in [1.29, 1.82) is 0 Å². The molecule has 0 aliphatic carbocycles. The molecule has 2 aromatic carbocycles. The first-order chi connectivity index (χ1) is 16.9. The van der Waals surface area contributed by atoms with Crippen LogP contribution in [-0.4, -0.2) is 11.9 Å². The minimum atomic E-state index is 0.130. The van der Waals surface area contributed by atoms with E-state index in [1.807, 2.05) is 11.8 Å². The third-order valence-electron chi connectivity index (χ3n) is 6.69. The fourth-order valence-corrected chi connectivity index (χ4v) is 6.48. The summed E-state index contributed by atoms with van der Waals surface area (Å²) in [5.74, 6) is 0.661. The summed E-state index contributed by atoms with van der Waals surface area (Å²) in [5.41, 5.74) is 7.76. The molecule has 1 nitrogen and oxygen atoms in total. The second kappa shape index (κ2) is 13.2. The third-order valence-corrected chi connectivity index (χ3v) is 8.92. The molecular formula is C32H41NS2. The van der Waals surface area contributed by atoms with E-state index in [0.29, 0.717) is 5.92 Å². The zero-order valence-electron chi connectivity index (χ0n) is 22.3. The van der Waals surface area contributed by atoms with E-state index < -0.39 is 0 Å². The van der Waals surface area contributed by atoms with Gasteiger partial charge in [0.2, 0.25) is 0 Å². The number of aryl methyl sites for hydroxylation is 1. The van der Waals surface area contributed by atoms with Gasteiger partial charge in [0, 0.05) is 22.5 Å². The summed E-state index contributed by atoms with van der Waals surface area (Å²) in [6.45, 7) is 15.7. The molecule has 1 atom stereocenters. The van der Waals surface area contributed by atoms with Gasteiger partial charge in [-0.15, -0.1) is 0 Å². The molecule has 0 spiro atoms. The van der Waals surface area contributed by atoms with Crippen LogP contribution in [0.5, 0.6) is 0 Å². The summed E-state index contributed by atoms with van der Waals surface area (Å²) < 4.78 is 0. The van der Waals surface area contributed by atoms with Crippen LogP contribution in [-0.2, 0) is 0 Å². The number of rotatable bonds is 12. The van der Waals surface area contributed by atoms with E-state index in [1.165, 1.54) is 63.3 Å². The quantitative estimate of drug-likeness (QED) is 0.179. The van der Waals surface area contributed by atoms with Gasteiger partial charge in [0.25, 0.3) is 0 Å². The fraction of sp³-hybridized carbons (Fsp3) is 0.375. The van der Waals surface area contributed by atoms with Crippen molar-refractivity contribution in [2.24, 2.45) is 0 Å². The van der Waals surface area contributed by atoms with Gasteiger partial charge in [-0.3, -0.25) is 0 Å². The van der Waals surface area contributed by atoms with Gasteiger partial charge in [0.15, 0.2) is 0 Å². The van der Waals surface area contributed by atoms with E-state index in [2.05, 4.69) is 119 Å². The molecule has 3 rings (SSSR count). The molecule has 0 aliphatic heterocycles. The Morgan fingerprint density at radius 3 is 2.09 bits per heavy atom. The van der Waals surface area contributed by atoms with Crippen LogP contribution < -0.4 is 0 Å². The van der Waals surface area contributed by atoms with Crippen molar-refractivity contribution in [3.63, 3.8) is 0 Å². The molecule has 0 N–H and O–H groups in total. The molecular weight excluding hydrogens is 462 g/mol. The molecule has 0 saturated heterocycles. The fourth-order valence-electron chi connectivity index (χ4n) is 4.74. The number of thioether (sulfide) groups is 1. The number of hydrogen-bond acceptors (Lipinski definition) is 3. The minimum absolute atomic E-state index is 0.130. The molecule has 186 valence electrons. The second-order valence-electron chi connectivity index (χ2n) is 9.65. The third kappa shape index (κ3) is 6.92. The van der Waals surface area contributed by atoms with E-state index in [4.69, 9.17) is 0 Å². The summed E-state index contributed by atoms with van der Waals surface area (Å²) in [7, 11) is 2.19. The average molecular weight is 504 g/mol. The van der Waals surface area contributed by atoms with Crippen molar-refractivity contribution < 1.29 is 0 Å². The molecule has 0 fully saturated rings. The Bertz CT molecular complexity index is 1100. The molecule has 1 heterocycles. The Morgan fingerprint density at radius 2 is 1.54 bits per heavy atom. The Balaban J connectivity index is 1.93. The lowest BCUT2D eigenvalue weighted by atomic mass is 9.88. The van der Waals surface area contributed by atoms with Crippen molar-refractivity contribution in [2.75, 3.05) is 7.05 Å². The molecule has 0 bridgehead atoms. The largest absolute Gasteiger partial charge is 0.363 e. The predicted octanol–water partition coefficient (Wildman–Crippen LogP) is 10.4. The smallest absolute Gasteiger partial charge is 0.0800 e. The van der Waals surface area contributed by atoms with Gasteiger partial charge in [-0.05, 0) is 84.7 Å². The monoisotopic (exact) mass is 503 g/mol. The van der Waals surface area contributed by atoms with Crippen LogP contribution >= 0.6 is 23.1 Å². The lowest BCUT2D eigenvalue weighted by molar-refractivity contribution is 0.362. The number of nitrogens with zero attached hydrogens (tertiary/aromatic N) is 1. The molecule has 3 heteroatoms. The number of benzene rings is 2. The van der Waals surface area contributed by atoms with Crippen LogP contribution in [0.2, 0.25) is 0 Å². The van der Waals surface area contributed by atoms with Crippen LogP contribution in [0.25, 0.3) is 0 Å². The van der Waals surface area contributed by atoms with E-state index >= 15 is 0 Å². The number of likely N-dealkylation sites (N-methyl/N-ethyl adjacent to an activating group) is 1. The van der Waals surface area contributed by atoms with Crippen LogP contribution in [0, 0.1) is 6.92 Å². The Kier molecular flexibility index (Phi) is 10.3. The SMILES string of the molecule is C=C(C(Sc1ccccc1C)=C(C)C)N(C)C(c1ccc(C(CCC)CCC)cc1)c1ccsc1. The molecule has 1 aromatic heterocycles. The molecule has 0 aliphatic rings. The summed E-state index contributed by atoms with van der Waals surface area (Å²) in [6.07, 6.45) is 4.99. The maximum absolute atomic E-state index is 4.60. The molecule has 0 amide bonds. The summed E-state index contributed by atoms with van der Waals surface area (Å²) in [5, 5.41) is 4.45. The van der Waals surface area contributed by atoms with Crippen molar-refractivity contribution in [3.8, 4) is 0 Å². The van der Waals surface area contributed by atoms with Gasteiger partial charge < -0.3 is 4.90 Å². The Labute approximate surface area is 222 Å². The van der Waals surface area contributed by atoms with Gasteiger partial charge in [-0.25, -0.2) is 0 Å². The lowest BCUT2D eigenvalue weighted by Gasteiger charge is -2.33. The van der Waals surface area contributed by atoms with E-state index in [-0.39, 0.29) is 6.04 Å². The van der Waals surface area contributed by atoms with E-state index in [1.54, 1.807) is 11.3 Å². The molecule has 1 unspecified atom stereocenters. The molecule has 0 saturated carbocycles. The first-order valence-electron chi connectivity index (χ1n) is 12.8. The van der Waals surface area contributed by atoms with Crippen molar-refractivity contribution in [1.82, 2.24) is 4.90 Å². The van der Waals surface area contributed by atoms with Gasteiger partial charge in [0.05, 0.1) is 6.04 Å². The molecule has 3 aromatic rings. The van der Waals surface area contributed by atoms with Crippen molar-refractivity contribution >= 4 is 23.1 Å². The predicted molar refractivity (Wildman–Crippen MR) is 157 cm³/mol. The summed E-state index contributed by atoms with van der Waals surface area (Å²) in [4.78, 5) is 4.89. The number of allylic oxidation sites excluding steroid dienone is 1. The highest BCUT2D eigenvalue weighted by atomic mass is 32.2. The Morgan fingerprint density at radius 1 is 0.914 bits per heavy atom. The van der Waals surface area contributed by atoms with Gasteiger partial charge in [0.1, 0.15) is 0 Å². The summed E-state index contributed by atoms with van der Waals surface area (Å²) >= 11 is 3.59. The molecule has 35 heavy (non-hydrogen) atoms. The first kappa shape index (κ1) is 27.4. The van der Waals surface area contributed by atoms with Crippen molar-refractivity contribution in [2.45, 2.75) is 77.2 Å². The topological polar surface area (TPSA) is 3.24 Å². The van der Waals surface area contributed by atoms with Crippen LogP contribution in [0.4, 0.5) is 0 Å². The highest BCUT2D eigenvalue weighted by Crippen LogP contribution is 2.40. The van der Waals surface area contributed by atoms with E-state index in [0.717, 1.165) is 5.70 Å². The van der Waals surface area contributed by atoms with E-state index in [9.17, 15) is 0 Å². The zero-order chi connectivity index (χ0) is 25.4. The second-order valence-corrected chi connectivity index (χ2v) is 11.5. The standard InChI is InChI=1S/C32H41NS2/c1-8-12-26(13-9-2)27-16-18-28(19-17-27)31(29-20-21-34-22-29)33(7)25(6)32(23(3)4)35-30-15-11-10-14-24(30)5/h10-11,14-22,26,31H,6,8-9,12-13H2,1-5,7H3. The van der Waals surface area contributed by atoms with Crippen LogP contribution in [0.15, 0.2) is 93.0 Å². The molecule has 0 radical (unpaired) electrons. The highest BCUT2D eigenvalue weighted by molar-refractivity contribution is 8.03. The lowest BCUT2D eigenvalue weighted by Crippen LogP contribution is -2.25. The summed E-state index contributed by atoms with van der Waals surface area (Å²) in [6, 6.07) is 20.4. The zero-order valence-corrected chi connectivity index (χ0v) is 23.9. The average Bonchev–Trinajstić information content (AvgIpc) is 3.38.